The third-order valence-electron chi connectivity index (χ3n) is 5.41. The molecule has 3 aromatic carbocycles. The summed E-state index contributed by atoms with van der Waals surface area (Å²) in [6.07, 6.45) is -2.57. The van der Waals surface area contributed by atoms with Crippen molar-refractivity contribution in [1.29, 1.82) is 0 Å². The van der Waals surface area contributed by atoms with E-state index in [2.05, 4.69) is 0 Å². The highest BCUT2D eigenvalue weighted by Gasteiger charge is 2.31. The first-order valence-electron chi connectivity index (χ1n) is 10.6. The topological polar surface area (TPSA) is 25.2 Å². The first-order chi connectivity index (χ1) is 15.9. The summed E-state index contributed by atoms with van der Waals surface area (Å²) in [7, 11) is 0. The molecule has 0 atom stereocenters. The number of hydrogen-bond donors (Lipinski definition) is 0. The maximum absolute atomic E-state index is 13.4. The number of halogens is 3. The molecule has 0 N–H and O–H groups in total. The average Bonchev–Trinajstić information content (AvgIpc) is 3.25. The maximum Gasteiger partial charge on any atom is 0.416 e. The molecular formula is C27H23F3N2O. The van der Waals surface area contributed by atoms with E-state index in [0.29, 0.717) is 6.54 Å². The fourth-order valence-electron chi connectivity index (χ4n) is 3.74. The van der Waals surface area contributed by atoms with Crippen molar-refractivity contribution in [2.45, 2.75) is 25.8 Å². The van der Waals surface area contributed by atoms with Gasteiger partial charge < -0.3 is 9.47 Å². The molecule has 0 aliphatic heterocycles. The number of carbonyl (C=O) groups excluding carboxylic acids is 1. The Kier molecular flexibility index (Phi) is 6.63. The lowest BCUT2D eigenvalue weighted by atomic mass is 10.1. The Morgan fingerprint density at radius 3 is 2.09 bits per heavy atom. The molecule has 168 valence electrons. The quantitative estimate of drug-likeness (QED) is 0.321. The molecule has 0 fully saturated rings. The number of amides is 1. The van der Waals surface area contributed by atoms with Gasteiger partial charge in [-0.1, -0.05) is 66.7 Å². The Morgan fingerprint density at radius 1 is 0.758 bits per heavy atom. The van der Waals surface area contributed by atoms with Crippen LogP contribution in [0.1, 0.15) is 32.7 Å². The number of benzene rings is 3. The summed E-state index contributed by atoms with van der Waals surface area (Å²) in [4.78, 5) is 15.0. The molecule has 0 aliphatic rings. The van der Waals surface area contributed by atoms with Gasteiger partial charge in [-0.2, -0.15) is 13.2 Å². The minimum atomic E-state index is -4.51. The number of rotatable bonds is 7. The molecular weight excluding hydrogens is 425 g/mol. The van der Waals surface area contributed by atoms with E-state index >= 15 is 0 Å². The van der Waals surface area contributed by atoms with Gasteiger partial charge in [0.25, 0.3) is 5.91 Å². The van der Waals surface area contributed by atoms with Crippen LogP contribution < -0.4 is 0 Å². The van der Waals surface area contributed by atoms with Crippen LogP contribution in [0.25, 0.3) is 0 Å². The Bertz CT molecular complexity index is 1200. The molecule has 0 aliphatic carbocycles. The van der Waals surface area contributed by atoms with Gasteiger partial charge in [0.05, 0.1) is 12.1 Å². The summed E-state index contributed by atoms with van der Waals surface area (Å²) in [5.41, 5.74) is 2.10. The van der Waals surface area contributed by atoms with Crippen molar-refractivity contribution in [3.63, 3.8) is 0 Å². The lowest BCUT2D eigenvalue weighted by Crippen LogP contribution is -2.31. The molecule has 0 saturated carbocycles. The fraction of sp³-hybridized carbons (Fsp3) is 0.148. The highest BCUT2D eigenvalue weighted by molar-refractivity contribution is 5.94. The molecule has 1 amide bonds. The number of alkyl halides is 3. The third-order valence-corrected chi connectivity index (χ3v) is 5.41. The van der Waals surface area contributed by atoms with Crippen molar-refractivity contribution in [3.8, 4) is 0 Å². The second-order valence-corrected chi connectivity index (χ2v) is 7.84. The molecule has 6 heteroatoms. The fourth-order valence-corrected chi connectivity index (χ4v) is 3.74. The number of nitrogens with zero attached hydrogens (tertiary/aromatic N) is 2. The summed E-state index contributed by atoms with van der Waals surface area (Å²) in [6, 6.07) is 27.8. The molecule has 0 spiro atoms. The van der Waals surface area contributed by atoms with Crippen LogP contribution >= 0.6 is 0 Å². The SMILES string of the molecule is O=C(c1cccc(C(F)(F)F)c1)N(Cc1ccccc1)Cc1cccn1Cc1ccccc1. The van der Waals surface area contributed by atoms with Crippen molar-refractivity contribution in [1.82, 2.24) is 9.47 Å². The van der Waals surface area contributed by atoms with Gasteiger partial charge in [-0.15, -0.1) is 0 Å². The van der Waals surface area contributed by atoms with E-state index in [1.165, 1.54) is 12.1 Å². The highest BCUT2D eigenvalue weighted by Crippen LogP contribution is 2.30. The summed E-state index contributed by atoms with van der Waals surface area (Å²) < 4.78 is 41.7. The van der Waals surface area contributed by atoms with Gasteiger partial charge in [0.2, 0.25) is 0 Å². The van der Waals surface area contributed by atoms with Crippen LogP contribution in [-0.2, 0) is 25.8 Å². The van der Waals surface area contributed by atoms with Crippen LogP contribution in [0.5, 0.6) is 0 Å². The van der Waals surface area contributed by atoms with E-state index in [0.717, 1.165) is 29.0 Å². The maximum atomic E-state index is 13.4. The lowest BCUT2D eigenvalue weighted by Gasteiger charge is -2.24. The second-order valence-electron chi connectivity index (χ2n) is 7.84. The van der Waals surface area contributed by atoms with Crippen molar-refractivity contribution >= 4 is 5.91 Å². The molecule has 0 unspecified atom stereocenters. The highest BCUT2D eigenvalue weighted by atomic mass is 19.4. The van der Waals surface area contributed by atoms with Crippen LogP contribution in [0.3, 0.4) is 0 Å². The van der Waals surface area contributed by atoms with Crippen LogP contribution in [-0.4, -0.2) is 15.4 Å². The minimum Gasteiger partial charge on any atom is -0.345 e. The van der Waals surface area contributed by atoms with Gasteiger partial charge >= 0.3 is 6.18 Å². The summed E-state index contributed by atoms with van der Waals surface area (Å²) >= 11 is 0. The van der Waals surface area contributed by atoms with E-state index in [9.17, 15) is 18.0 Å². The van der Waals surface area contributed by atoms with Crippen molar-refractivity contribution < 1.29 is 18.0 Å². The largest absolute Gasteiger partial charge is 0.416 e. The number of carbonyl (C=O) groups is 1. The molecule has 4 rings (SSSR count). The third kappa shape index (κ3) is 5.71. The van der Waals surface area contributed by atoms with Crippen LogP contribution in [0.2, 0.25) is 0 Å². The van der Waals surface area contributed by atoms with Gasteiger partial charge in [0.1, 0.15) is 0 Å². The zero-order valence-corrected chi connectivity index (χ0v) is 17.9. The predicted octanol–water partition coefficient (Wildman–Crippen LogP) is 6.40. The van der Waals surface area contributed by atoms with Crippen molar-refractivity contribution in [3.05, 3.63) is 131 Å². The van der Waals surface area contributed by atoms with E-state index in [4.69, 9.17) is 0 Å². The first-order valence-corrected chi connectivity index (χ1v) is 10.6. The van der Waals surface area contributed by atoms with Gasteiger partial charge in [-0.05, 0) is 41.5 Å². The number of aromatic nitrogens is 1. The molecule has 33 heavy (non-hydrogen) atoms. The summed E-state index contributed by atoms with van der Waals surface area (Å²) in [6.45, 7) is 1.19. The van der Waals surface area contributed by atoms with E-state index < -0.39 is 17.6 Å². The zero-order chi connectivity index (χ0) is 23.3. The molecule has 0 radical (unpaired) electrons. The molecule has 1 heterocycles. The smallest absolute Gasteiger partial charge is 0.345 e. The number of hydrogen-bond acceptors (Lipinski definition) is 1. The Hall–Kier alpha value is -3.80. The second kappa shape index (κ2) is 9.77. The van der Waals surface area contributed by atoms with Gasteiger partial charge in [-0.25, -0.2) is 0 Å². The average molecular weight is 448 g/mol. The standard InChI is InChI=1S/C27H23F3N2O/c28-27(29,30)24-14-7-13-23(17-24)26(33)32(19-22-11-5-2-6-12-22)20-25-15-8-16-31(25)18-21-9-3-1-4-10-21/h1-17H,18-20H2. The molecule has 4 aromatic rings. The van der Waals surface area contributed by atoms with Crippen LogP contribution in [0.15, 0.2) is 103 Å². The monoisotopic (exact) mass is 448 g/mol. The normalized spacial score (nSPS) is 11.4. The molecule has 0 bridgehead atoms. The minimum absolute atomic E-state index is 0.0157. The molecule has 0 saturated heterocycles. The van der Waals surface area contributed by atoms with Crippen LogP contribution in [0, 0.1) is 0 Å². The first kappa shape index (κ1) is 22.4. The molecule has 1 aromatic heterocycles. The Labute approximate surface area is 190 Å². The predicted molar refractivity (Wildman–Crippen MR) is 121 cm³/mol. The van der Waals surface area contributed by atoms with Gasteiger partial charge in [0, 0.05) is 30.5 Å². The van der Waals surface area contributed by atoms with E-state index in [-0.39, 0.29) is 18.7 Å². The van der Waals surface area contributed by atoms with E-state index in [1.807, 2.05) is 83.6 Å². The van der Waals surface area contributed by atoms with E-state index in [1.54, 1.807) is 4.90 Å². The Morgan fingerprint density at radius 2 is 1.42 bits per heavy atom. The molecule has 3 nitrogen and oxygen atoms in total. The lowest BCUT2D eigenvalue weighted by molar-refractivity contribution is -0.137. The summed E-state index contributed by atoms with van der Waals surface area (Å²) in [5, 5.41) is 0. The van der Waals surface area contributed by atoms with Crippen LogP contribution in [0.4, 0.5) is 13.2 Å². The zero-order valence-electron chi connectivity index (χ0n) is 17.9. The van der Waals surface area contributed by atoms with Gasteiger partial charge in [-0.3, -0.25) is 4.79 Å². The van der Waals surface area contributed by atoms with Crippen molar-refractivity contribution in [2.24, 2.45) is 0 Å². The summed E-state index contributed by atoms with van der Waals surface area (Å²) in [5.74, 6) is -0.447. The van der Waals surface area contributed by atoms with Gasteiger partial charge in [0.15, 0.2) is 0 Å². The van der Waals surface area contributed by atoms with Crippen molar-refractivity contribution in [2.75, 3.05) is 0 Å². The Balaban J connectivity index is 1.63.